The van der Waals surface area contributed by atoms with Gasteiger partial charge in [0, 0.05) is 11.5 Å². The number of aromatic nitrogens is 2. The minimum absolute atomic E-state index is 0.509. The summed E-state index contributed by atoms with van der Waals surface area (Å²) < 4.78 is 4.49. The van der Waals surface area contributed by atoms with E-state index in [1.54, 1.807) is 0 Å². The van der Waals surface area contributed by atoms with Crippen molar-refractivity contribution in [2.24, 2.45) is 0 Å². The molecule has 0 bridgehead atoms. The first kappa shape index (κ1) is 12.2. The molecule has 2 aromatic rings. The number of rotatable bonds is 4. The molecule has 2 rings (SSSR count). The third kappa shape index (κ3) is 2.55. The summed E-state index contributed by atoms with van der Waals surface area (Å²) in [7, 11) is 0. The molecule has 1 unspecified atom stereocenters. The predicted molar refractivity (Wildman–Crippen MR) is 73.4 cm³/mol. The highest BCUT2D eigenvalue weighted by molar-refractivity contribution is 7.05. The van der Waals surface area contributed by atoms with Gasteiger partial charge in [-0.1, -0.05) is 45.0 Å². The molecule has 0 saturated heterocycles. The van der Waals surface area contributed by atoms with Gasteiger partial charge in [0.15, 0.2) is 5.82 Å². The zero-order valence-electron chi connectivity index (χ0n) is 10.6. The van der Waals surface area contributed by atoms with Crippen LogP contribution in [0.1, 0.15) is 43.7 Å². The van der Waals surface area contributed by atoms with E-state index in [2.05, 4.69) is 54.4 Å². The molecule has 1 atom stereocenters. The summed E-state index contributed by atoms with van der Waals surface area (Å²) in [5, 5.41) is 1.15. The van der Waals surface area contributed by atoms with Crippen molar-refractivity contribution >= 4 is 11.5 Å². The molecule has 0 N–H and O–H groups in total. The van der Waals surface area contributed by atoms with Crippen LogP contribution in [-0.4, -0.2) is 9.36 Å². The number of aryl methyl sites for hydroxylation is 1. The molecule has 0 saturated carbocycles. The van der Waals surface area contributed by atoms with Crippen LogP contribution in [0, 0.1) is 0 Å². The first-order chi connectivity index (χ1) is 8.26. The summed E-state index contributed by atoms with van der Waals surface area (Å²) in [6.45, 7) is 6.56. The molecule has 0 aliphatic carbocycles. The average molecular weight is 246 g/mol. The Morgan fingerprint density at radius 3 is 2.71 bits per heavy atom. The van der Waals surface area contributed by atoms with E-state index in [9.17, 15) is 0 Å². The van der Waals surface area contributed by atoms with E-state index < -0.39 is 0 Å². The molecule has 1 aromatic carbocycles. The normalized spacial score (nSPS) is 12.6. The molecule has 0 spiro atoms. The molecule has 1 heterocycles. The number of benzene rings is 1. The fraction of sp³-hybridized carbons (Fsp3) is 0.429. The zero-order chi connectivity index (χ0) is 12.3. The van der Waals surface area contributed by atoms with Crippen molar-refractivity contribution < 1.29 is 0 Å². The number of hydrogen-bond donors (Lipinski definition) is 0. The van der Waals surface area contributed by atoms with Gasteiger partial charge in [-0.05, 0) is 29.9 Å². The quantitative estimate of drug-likeness (QED) is 0.804. The van der Waals surface area contributed by atoms with Crippen LogP contribution in [0.4, 0.5) is 0 Å². The fourth-order valence-corrected chi connectivity index (χ4v) is 2.56. The molecule has 3 heteroatoms. The predicted octanol–water partition coefficient (Wildman–Crippen LogP) is 4.28. The minimum Gasteiger partial charge on any atom is -0.219 e. The van der Waals surface area contributed by atoms with E-state index in [1.807, 2.05) is 0 Å². The Kier molecular flexibility index (Phi) is 3.89. The first-order valence-corrected chi connectivity index (χ1v) is 6.95. The van der Waals surface area contributed by atoms with Crippen molar-refractivity contribution in [1.82, 2.24) is 9.36 Å². The van der Waals surface area contributed by atoms with Gasteiger partial charge in [0.25, 0.3) is 0 Å². The summed E-state index contributed by atoms with van der Waals surface area (Å²) in [4.78, 5) is 4.67. The topological polar surface area (TPSA) is 25.8 Å². The highest BCUT2D eigenvalue weighted by Crippen LogP contribution is 2.27. The maximum absolute atomic E-state index is 4.67. The highest BCUT2D eigenvalue weighted by Gasteiger charge is 2.12. The van der Waals surface area contributed by atoms with Crippen LogP contribution in [0.15, 0.2) is 24.3 Å². The van der Waals surface area contributed by atoms with Gasteiger partial charge in [-0.15, -0.1) is 0 Å². The molecule has 2 nitrogen and oxygen atoms in total. The molecule has 17 heavy (non-hydrogen) atoms. The lowest BCUT2D eigenvalue weighted by Crippen LogP contribution is -1.92. The van der Waals surface area contributed by atoms with E-state index in [0.717, 1.165) is 23.7 Å². The summed E-state index contributed by atoms with van der Waals surface area (Å²) in [6.07, 6.45) is 2.14. The molecule has 1 aromatic heterocycles. The van der Waals surface area contributed by atoms with Crippen molar-refractivity contribution in [3.63, 3.8) is 0 Å². The van der Waals surface area contributed by atoms with Crippen molar-refractivity contribution in [2.75, 3.05) is 0 Å². The number of hydrogen-bond acceptors (Lipinski definition) is 3. The van der Waals surface area contributed by atoms with Gasteiger partial charge in [-0.25, -0.2) is 4.98 Å². The smallest absolute Gasteiger partial charge is 0.173 e. The second kappa shape index (κ2) is 5.41. The Morgan fingerprint density at radius 2 is 2.00 bits per heavy atom. The van der Waals surface area contributed by atoms with Gasteiger partial charge in [0.1, 0.15) is 5.01 Å². The Bertz CT molecular complexity index is 490. The van der Waals surface area contributed by atoms with Crippen molar-refractivity contribution in [2.45, 2.75) is 39.5 Å². The van der Waals surface area contributed by atoms with Gasteiger partial charge in [-0.3, -0.25) is 0 Å². The zero-order valence-corrected chi connectivity index (χ0v) is 11.4. The summed E-state index contributed by atoms with van der Waals surface area (Å²) in [5.41, 5.74) is 2.50. The van der Waals surface area contributed by atoms with Crippen LogP contribution in [0.2, 0.25) is 0 Å². The Labute approximate surface area is 107 Å². The monoisotopic (exact) mass is 246 g/mol. The largest absolute Gasteiger partial charge is 0.219 e. The lowest BCUT2D eigenvalue weighted by molar-refractivity contribution is 0.727. The van der Waals surface area contributed by atoms with Crippen LogP contribution in [0.5, 0.6) is 0 Å². The molecule has 0 aliphatic rings. The lowest BCUT2D eigenvalue weighted by atomic mass is 10.0. The molecular formula is C14H18N2S. The van der Waals surface area contributed by atoms with Gasteiger partial charge < -0.3 is 0 Å². The van der Waals surface area contributed by atoms with Gasteiger partial charge in [0.2, 0.25) is 0 Å². The Hall–Kier alpha value is -1.22. The first-order valence-electron chi connectivity index (χ1n) is 6.18. The van der Waals surface area contributed by atoms with E-state index in [-0.39, 0.29) is 0 Å². The third-order valence-electron chi connectivity index (χ3n) is 3.11. The van der Waals surface area contributed by atoms with Crippen molar-refractivity contribution in [3.8, 4) is 11.4 Å². The molecule has 0 amide bonds. The van der Waals surface area contributed by atoms with Crippen LogP contribution in [0.3, 0.4) is 0 Å². The molecular weight excluding hydrogens is 228 g/mol. The highest BCUT2D eigenvalue weighted by atomic mass is 32.1. The fourth-order valence-electron chi connectivity index (χ4n) is 1.77. The Morgan fingerprint density at radius 1 is 1.24 bits per heavy atom. The summed E-state index contributed by atoms with van der Waals surface area (Å²) >= 11 is 1.54. The van der Waals surface area contributed by atoms with E-state index >= 15 is 0 Å². The SMILES string of the molecule is CCc1ccccc1-c1nsc(C(C)CC)n1. The molecule has 0 radical (unpaired) electrons. The van der Waals surface area contributed by atoms with Crippen molar-refractivity contribution in [3.05, 3.63) is 34.8 Å². The molecule has 90 valence electrons. The Balaban J connectivity index is 2.37. The van der Waals surface area contributed by atoms with Gasteiger partial charge in [-0.2, -0.15) is 4.37 Å². The van der Waals surface area contributed by atoms with E-state index in [4.69, 9.17) is 0 Å². The standard InChI is InChI=1S/C14H18N2S/c1-4-10(3)14-15-13(16-17-14)12-9-7-6-8-11(12)5-2/h6-10H,4-5H2,1-3H3. The summed E-state index contributed by atoms with van der Waals surface area (Å²) in [5.74, 6) is 1.40. The van der Waals surface area contributed by atoms with E-state index in [1.165, 1.54) is 22.7 Å². The minimum atomic E-state index is 0.509. The maximum atomic E-state index is 4.67. The average Bonchev–Trinajstić information content (AvgIpc) is 2.87. The van der Waals surface area contributed by atoms with Crippen molar-refractivity contribution in [1.29, 1.82) is 0 Å². The second-order valence-electron chi connectivity index (χ2n) is 4.28. The maximum Gasteiger partial charge on any atom is 0.173 e. The second-order valence-corrected chi connectivity index (χ2v) is 5.06. The van der Waals surface area contributed by atoms with Crippen LogP contribution in [0.25, 0.3) is 11.4 Å². The summed E-state index contributed by atoms with van der Waals surface area (Å²) in [6, 6.07) is 8.39. The molecule has 0 aliphatic heterocycles. The molecule has 0 fully saturated rings. The van der Waals surface area contributed by atoms with Gasteiger partial charge >= 0.3 is 0 Å². The van der Waals surface area contributed by atoms with E-state index in [0.29, 0.717) is 5.92 Å². The van der Waals surface area contributed by atoms with Crippen LogP contribution in [-0.2, 0) is 6.42 Å². The van der Waals surface area contributed by atoms with Crippen LogP contribution >= 0.6 is 11.5 Å². The number of nitrogens with zero attached hydrogens (tertiary/aromatic N) is 2. The van der Waals surface area contributed by atoms with Crippen LogP contribution < -0.4 is 0 Å². The van der Waals surface area contributed by atoms with Gasteiger partial charge in [0.05, 0.1) is 0 Å². The third-order valence-corrected chi connectivity index (χ3v) is 4.06. The lowest BCUT2D eigenvalue weighted by Gasteiger charge is -2.03.